The fourth-order valence-corrected chi connectivity index (χ4v) is 2.35. The second kappa shape index (κ2) is 23.8. The zero-order chi connectivity index (χ0) is 19.4. The Morgan fingerprint density at radius 2 is 1.19 bits per heavy atom. The molecule has 0 aromatic rings. The molecular weight excluding hydrogens is 448 g/mol. The number of rotatable bonds is 15. The first-order chi connectivity index (χ1) is 11.8. The molecule has 0 aliphatic rings. The molecule has 154 valence electrons. The summed E-state index contributed by atoms with van der Waals surface area (Å²) in [4.78, 5) is 10.3. The number of carboxylic acids is 1. The van der Waals surface area contributed by atoms with Crippen molar-refractivity contribution in [2.45, 2.75) is 123 Å². The van der Waals surface area contributed by atoms with Crippen molar-refractivity contribution in [2.75, 3.05) is 0 Å². The largest absolute Gasteiger partial charge is 2.00 e. The first kappa shape index (κ1) is 31.4. The summed E-state index contributed by atoms with van der Waals surface area (Å²) in [5.41, 5.74) is 5.35. The zero-order valence-corrected chi connectivity index (χ0v) is 22.6. The van der Waals surface area contributed by atoms with Gasteiger partial charge in [-0.3, -0.25) is 4.79 Å². The number of hydrogen-bond donors (Lipinski definition) is 2. The predicted molar refractivity (Wildman–Crippen MR) is 119 cm³/mol. The van der Waals surface area contributed by atoms with Gasteiger partial charge in [-0.05, 0) is 52.9 Å². The smallest absolute Gasteiger partial charge is 1.00 e. The minimum Gasteiger partial charge on any atom is -1.00 e. The van der Waals surface area contributed by atoms with E-state index in [2.05, 4.69) is 19.1 Å². The third kappa shape index (κ3) is 44.3. The van der Waals surface area contributed by atoms with E-state index >= 15 is 0 Å². The second-order valence-electron chi connectivity index (χ2n) is 8.09. The normalized spacial score (nSPS) is 11.0. The van der Waals surface area contributed by atoms with E-state index in [9.17, 15) is 4.79 Å². The number of hydrogen-bond acceptors (Lipinski definition) is 2. The van der Waals surface area contributed by atoms with E-state index in [1.54, 1.807) is 0 Å². The molecule has 0 saturated carbocycles. The van der Waals surface area contributed by atoms with Crippen LogP contribution in [0.2, 0.25) is 0 Å². The van der Waals surface area contributed by atoms with Gasteiger partial charge in [0, 0.05) is 12.0 Å². The molecule has 0 radical (unpaired) electrons. The summed E-state index contributed by atoms with van der Waals surface area (Å²) in [6.07, 6.45) is 21.2. The Balaban J connectivity index is -0.000000195. The summed E-state index contributed by atoms with van der Waals surface area (Å²) in [5.74, 6) is -0.664. The van der Waals surface area contributed by atoms with E-state index in [1.807, 2.05) is 20.8 Å². The molecule has 4 heteroatoms. The molecule has 0 atom stereocenters. The van der Waals surface area contributed by atoms with Crippen LogP contribution >= 0.6 is 0 Å². The Kier molecular flexibility index (Phi) is 28.8. The van der Waals surface area contributed by atoms with Gasteiger partial charge in [0.2, 0.25) is 0 Å². The average molecular weight is 495 g/mol. The van der Waals surface area contributed by atoms with Crippen molar-refractivity contribution in [2.24, 2.45) is 5.73 Å². The Bertz CT molecular complexity index is 316. The fourth-order valence-electron chi connectivity index (χ4n) is 2.35. The number of carbonyl (C=O) groups is 1. The van der Waals surface area contributed by atoms with E-state index in [0.717, 1.165) is 12.8 Å². The van der Waals surface area contributed by atoms with Crippen molar-refractivity contribution in [1.82, 2.24) is 0 Å². The summed E-state index contributed by atoms with van der Waals surface area (Å²) in [7, 11) is 0. The van der Waals surface area contributed by atoms with Crippen LogP contribution in [-0.4, -0.2) is 65.5 Å². The molecule has 0 aliphatic heterocycles. The molecule has 0 aromatic heterocycles. The van der Waals surface area contributed by atoms with Gasteiger partial charge in [-0.15, -0.1) is 0 Å². The van der Waals surface area contributed by atoms with Crippen molar-refractivity contribution < 1.29 is 12.8 Å². The SMILES string of the molecule is CC(C)(C)N.CCCCCCCC/C=C\CCCCCCCC(=O)O.[Ba+2].[H-].[H-]. The third-order valence-corrected chi connectivity index (χ3v) is 3.65. The van der Waals surface area contributed by atoms with E-state index in [0.29, 0.717) is 6.42 Å². The van der Waals surface area contributed by atoms with Crippen LogP contribution in [0.4, 0.5) is 0 Å². The maximum Gasteiger partial charge on any atom is 2.00 e. The van der Waals surface area contributed by atoms with Gasteiger partial charge in [-0.25, -0.2) is 0 Å². The summed E-state index contributed by atoms with van der Waals surface area (Å²) in [6.45, 7) is 8.15. The van der Waals surface area contributed by atoms with E-state index < -0.39 is 5.97 Å². The summed E-state index contributed by atoms with van der Waals surface area (Å²) >= 11 is 0. The van der Waals surface area contributed by atoms with Crippen molar-refractivity contribution in [1.29, 1.82) is 0 Å². The molecule has 0 heterocycles. The molecule has 0 bridgehead atoms. The molecule has 0 saturated heterocycles. The maximum absolute atomic E-state index is 10.3. The topological polar surface area (TPSA) is 63.3 Å². The molecule has 0 aliphatic carbocycles. The number of carboxylic acid groups (broad SMARTS) is 1. The molecule has 0 aromatic carbocycles. The van der Waals surface area contributed by atoms with Gasteiger partial charge in [-0.2, -0.15) is 0 Å². The molecule has 0 unspecified atom stereocenters. The van der Waals surface area contributed by atoms with Crippen molar-refractivity contribution >= 4 is 54.9 Å². The number of unbranched alkanes of at least 4 members (excludes halogenated alkanes) is 11. The molecule has 3 N–H and O–H groups in total. The van der Waals surface area contributed by atoms with Crippen LogP contribution in [0.1, 0.15) is 120 Å². The van der Waals surface area contributed by atoms with Crippen LogP contribution in [0.5, 0.6) is 0 Å². The molecule has 0 spiro atoms. The second-order valence-corrected chi connectivity index (χ2v) is 8.09. The van der Waals surface area contributed by atoms with Gasteiger partial charge in [-0.1, -0.05) is 70.4 Å². The quantitative estimate of drug-likeness (QED) is 0.151. The van der Waals surface area contributed by atoms with Crippen LogP contribution in [0.15, 0.2) is 12.2 Å². The Morgan fingerprint density at radius 1 is 0.846 bits per heavy atom. The van der Waals surface area contributed by atoms with Gasteiger partial charge in [0.05, 0.1) is 0 Å². The fraction of sp³-hybridized carbons (Fsp3) is 0.864. The summed E-state index contributed by atoms with van der Waals surface area (Å²) in [5, 5.41) is 8.51. The number of aliphatic carboxylic acids is 1. The van der Waals surface area contributed by atoms with E-state index in [-0.39, 0.29) is 57.3 Å². The molecule has 0 rings (SSSR count). The van der Waals surface area contributed by atoms with Crippen LogP contribution in [0, 0.1) is 0 Å². The van der Waals surface area contributed by atoms with Crippen molar-refractivity contribution in [3.05, 3.63) is 12.2 Å². The molecule has 0 amide bonds. The maximum atomic E-state index is 10.3. The Labute approximate surface area is 207 Å². The molecule has 26 heavy (non-hydrogen) atoms. The monoisotopic (exact) mass is 495 g/mol. The first-order valence-corrected chi connectivity index (χ1v) is 10.4. The predicted octanol–water partition coefficient (Wildman–Crippen LogP) is 6.70. The number of nitrogens with two attached hydrogens (primary N) is 1. The average Bonchev–Trinajstić information content (AvgIpc) is 2.49. The van der Waals surface area contributed by atoms with Crippen molar-refractivity contribution in [3.63, 3.8) is 0 Å². The van der Waals surface area contributed by atoms with Gasteiger partial charge >= 0.3 is 54.9 Å². The zero-order valence-electron chi connectivity index (χ0n) is 20.2. The number of allylic oxidation sites excluding steroid dienone is 2. The van der Waals surface area contributed by atoms with E-state index in [4.69, 9.17) is 10.8 Å². The van der Waals surface area contributed by atoms with Gasteiger partial charge in [0.25, 0.3) is 0 Å². The molecular formula is C22H47BaNO2. The third-order valence-electron chi connectivity index (χ3n) is 3.65. The first-order valence-electron chi connectivity index (χ1n) is 10.4. The van der Waals surface area contributed by atoms with Gasteiger partial charge < -0.3 is 13.7 Å². The molecule has 3 nitrogen and oxygen atoms in total. The van der Waals surface area contributed by atoms with Crippen LogP contribution in [0.3, 0.4) is 0 Å². The minimum atomic E-state index is -0.664. The minimum absolute atomic E-state index is 0. The van der Waals surface area contributed by atoms with Crippen molar-refractivity contribution in [3.8, 4) is 0 Å². The molecule has 0 fully saturated rings. The standard InChI is InChI=1S/C18H34O2.C4H11N.Ba.2H/c1-2-3-4-5-6-7-8-9-10-11-12-13-14-15-16-17-18(19)20;1-4(2,3)5;;;/h9-10H,2-8,11-17H2,1H3,(H,19,20);5H2,1-3H3;;;/q;;+2;2*-1/b10-9-;;;;. The van der Waals surface area contributed by atoms with Crippen LogP contribution in [-0.2, 0) is 4.79 Å². The van der Waals surface area contributed by atoms with Gasteiger partial charge in [0.15, 0.2) is 0 Å². The summed E-state index contributed by atoms with van der Waals surface area (Å²) < 4.78 is 0. The van der Waals surface area contributed by atoms with Gasteiger partial charge in [0.1, 0.15) is 0 Å². The van der Waals surface area contributed by atoms with Crippen LogP contribution in [0.25, 0.3) is 0 Å². The van der Waals surface area contributed by atoms with E-state index in [1.165, 1.54) is 70.6 Å². The Morgan fingerprint density at radius 3 is 1.58 bits per heavy atom. The van der Waals surface area contributed by atoms with Crippen LogP contribution < -0.4 is 5.73 Å². The Hall–Kier alpha value is 0.741. The summed E-state index contributed by atoms with van der Waals surface area (Å²) in [6, 6.07) is 0.